The highest BCUT2D eigenvalue weighted by Crippen LogP contribution is 1.82. The monoisotopic (exact) mass is 114 g/mol. The highest BCUT2D eigenvalue weighted by molar-refractivity contribution is 5.86. The van der Waals surface area contributed by atoms with Crippen molar-refractivity contribution >= 4 is 5.71 Å². The quantitative estimate of drug-likeness (QED) is 0.525. The molecule has 0 unspecified atom stereocenters. The molecule has 0 saturated heterocycles. The zero-order valence-electron chi connectivity index (χ0n) is 6.02. The molecule has 2 heteroatoms. The van der Waals surface area contributed by atoms with Crippen LogP contribution in [-0.4, -0.2) is 25.8 Å². The Bertz CT molecular complexity index is 86.5. The molecule has 1 atom stereocenters. The fourth-order valence-corrected chi connectivity index (χ4v) is 0.403. The van der Waals surface area contributed by atoms with E-state index in [4.69, 9.17) is 0 Å². The van der Waals surface area contributed by atoms with E-state index in [0.717, 1.165) is 5.71 Å². The average molecular weight is 114 g/mol. The third-order valence-corrected chi connectivity index (χ3v) is 1.41. The van der Waals surface area contributed by atoms with Crippen molar-refractivity contribution in [1.29, 1.82) is 0 Å². The van der Waals surface area contributed by atoms with Crippen LogP contribution < -0.4 is 5.32 Å². The van der Waals surface area contributed by atoms with E-state index in [2.05, 4.69) is 17.2 Å². The van der Waals surface area contributed by atoms with Gasteiger partial charge in [0.05, 0.1) is 0 Å². The Hall–Kier alpha value is -0.370. The molecule has 0 aliphatic heterocycles. The summed E-state index contributed by atoms with van der Waals surface area (Å²) in [6.45, 7) is 4.10. The Labute approximate surface area is 51.0 Å². The van der Waals surface area contributed by atoms with Crippen LogP contribution in [0.3, 0.4) is 0 Å². The maximum atomic E-state index is 4.01. The van der Waals surface area contributed by atoms with Crippen LogP contribution in [0.15, 0.2) is 4.99 Å². The van der Waals surface area contributed by atoms with Crippen molar-refractivity contribution in [2.75, 3.05) is 14.1 Å². The van der Waals surface area contributed by atoms with Crippen molar-refractivity contribution in [3.05, 3.63) is 0 Å². The minimum atomic E-state index is 0.417. The zero-order valence-corrected chi connectivity index (χ0v) is 6.02. The van der Waals surface area contributed by atoms with Crippen LogP contribution in [-0.2, 0) is 0 Å². The number of nitrogens with one attached hydrogen (secondary N) is 1. The standard InChI is InChI=1S/C6H14N2/c1-5(7-3)6(2)8-4/h5,7H,1-4H3/t5-/m0/s1. The first-order valence-corrected chi connectivity index (χ1v) is 2.83. The van der Waals surface area contributed by atoms with Crippen LogP contribution >= 0.6 is 0 Å². The molecule has 0 aromatic carbocycles. The summed E-state index contributed by atoms with van der Waals surface area (Å²) in [4.78, 5) is 4.01. The second-order valence-corrected chi connectivity index (χ2v) is 1.88. The number of aliphatic imine (C=N–C) groups is 1. The van der Waals surface area contributed by atoms with Gasteiger partial charge in [-0.1, -0.05) is 0 Å². The lowest BCUT2D eigenvalue weighted by Gasteiger charge is -2.06. The summed E-state index contributed by atoms with van der Waals surface area (Å²) < 4.78 is 0. The van der Waals surface area contributed by atoms with Crippen LogP contribution in [0.5, 0.6) is 0 Å². The van der Waals surface area contributed by atoms with Gasteiger partial charge in [-0.3, -0.25) is 4.99 Å². The number of nitrogens with zero attached hydrogens (tertiary/aromatic N) is 1. The molecule has 1 N–H and O–H groups in total. The highest BCUT2D eigenvalue weighted by Gasteiger charge is 1.97. The van der Waals surface area contributed by atoms with Gasteiger partial charge in [0, 0.05) is 18.8 Å². The molecule has 0 radical (unpaired) electrons. The van der Waals surface area contributed by atoms with Gasteiger partial charge in [-0.25, -0.2) is 0 Å². The lowest BCUT2D eigenvalue weighted by Crippen LogP contribution is -2.28. The molecule has 0 aliphatic carbocycles. The fraction of sp³-hybridized carbons (Fsp3) is 0.833. The molecule has 48 valence electrons. The molecule has 0 bridgehead atoms. The van der Waals surface area contributed by atoms with E-state index in [1.807, 2.05) is 21.0 Å². The number of rotatable bonds is 2. The second kappa shape index (κ2) is 3.61. The van der Waals surface area contributed by atoms with Crippen molar-refractivity contribution in [1.82, 2.24) is 5.32 Å². The van der Waals surface area contributed by atoms with Crippen molar-refractivity contribution in [2.45, 2.75) is 19.9 Å². The maximum absolute atomic E-state index is 4.01. The first kappa shape index (κ1) is 7.63. The summed E-state index contributed by atoms with van der Waals surface area (Å²) in [5, 5.41) is 3.08. The predicted molar refractivity (Wildman–Crippen MR) is 37.6 cm³/mol. The van der Waals surface area contributed by atoms with Crippen molar-refractivity contribution in [3.8, 4) is 0 Å². The Morgan fingerprint density at radius 2 is 2.12 bits per heavy atom. The fourth-order valence-electron chi connectivity index (χ4n) is 0.403. The molecule has 0 saturated carbocycles. The lowest BCUT2D eigenvalue weighted by molar-refractivity contribution is 0.758. The van der Waals surface area contributed by atoms with E-state index >= 15 is 0 Å². The van der Waals surface area contributed by atoms with Crippen LogP contribution in [0.4, 0.5) is 0 Å². The first-order valence-electron chi connectivity index (χ1n) is 2.83. The van der Waals surface area contributed by atoms with Gasteiger partial charge >= 0.3 is 0 Å². The van der Waals surface area contributed by atoms with Gasteiger partial charge in [0.2, 0.25) is 0 Å². The lowest BCUT2D eigenvalue weighted by atomic mass is 10.2. The van der Waals surface area contributed by atoms with E-state index in [-0.39, 0.29) is 0 Å². The van der Waals surface area contributed by atoms with Gasteiger partial charge in [-0.2, -0.15) is 0 Å². The summed E-state index contributed by atoms with van der Waals surface area (Å²) in [6.07, 6.45) is 0. The molecule has 0 spiro atoms. The minimum absolute atomic E-state index is 0.417. The molecule has 0 fully saturated rings. The van der Waals surface area contributed by atoms with Crippen LogP contribution in [0, 0.1) is 0 Å². The molecular formula is C6H14N2. The van der Waals surface area contributed by atoms with Crippen LogP contribution in [0.1, 0.15) is 13.8 Å². The maximum Gasteiger partial charge on any atom is 0.0416 e. The number of hydrogen-bond donors (Lipinski definition) is 1. The van der Waals surface area contributed by atoms with E-state index in [9.17, 15) is 0 Å². The largest absolute Gasteiger partial charge is 0.312 e. The molecule has 8 heavy (non-hydrogen) atoms. The zero-order chi connectivity index (χ0) is 6.57. The third-order valence-electron chi connectivity index (χ3n) is 1.41. The third kappa shape index (κ3) is 2.07. The SMILES string of the molecule is CN=C(C)[C@H](C)NC. The Morgan fingerprint density at radius 3 is 2.25 bits per heavy atom. The van der Waals surface area contributed by atoms with E-state index in [1.54, 1.807) is 0 Å². The molecule has 0 amide bonds. The molecular weight excluding hydrogens is 100 g/mol. The average Bonchev–Trinajstić information content (AvgIpc) is 1.84. The van der Waals surface area contributed by atoms with Crippen molar-refractivity contribution in [3.63, 3.8) is 0 Å². The van der Waals surface area contributed by atoms with Gasteiger partial charge in [0.1, 0.15) is 0 Å². The van der Waals surface area contributed by atoms with Crippen molar-refractivity contribution < 1.29 is 0 Å². The van der Waals surface area contributed by atoms with Gasteiger partial charge in [-0.15, -0.1) is 0 Å². The molecule has 0 aromatic heterocycles. The molecule has 0 aromatic rings. The van der Waals surface area contributed by atoms with Crippen LogP contribution in [0.25, 0.3) is 0 Å². The first-order chi connectivity index (χ1) is 3.72. The molecule has 2 nitrogen and oxygen atoms in total. The second-order valence-electron chi connectivity index (χ2n) is 1.88. The van der Waals surface area contributed by atoms with E-state index in [0.29, 0.717) is 6.04 Å². The molecule has 0 aliphatic rings. The van der Waals surface area contributed by atoms with E-state index < -0.39 is 0 Å². The predicted octanol–water partition coefficient (Wildman–Crippen LogP) is 0.685. The van der Waals surface area contributed by atoms with E-state index in [1.165, 1.54) is 0 Å². The minimum Gasteiger partial charge on any atom is -0.312 e. The Balaban J connectivity index is 3.63. The smallest absolute Gasteiger partial charge is 0.0416 e. The summed E-state index contributed by atoms with van der Waals surface area (Å²) in [6, 6.07) is 0.417. The van der Waals surface area contributed by atoms with Gasteiger partial charge in [-0.05, 0) is 20.9 Å². The summed E-state index contributed by atoms with van der Waals surface area (Å²) >= 11 is 0. The molecule has 0 rings (SSSR count). The highest BCUT2D eigenvalue weighted by atomic mass is 14.9. The Kier molecular flexibility index (Phi) is 3.44. The summed E-state index contributed by atoms with van der Waals surface area (Å²) in [5.41, 5.74) is 1.15. The topological polar surface area (TPSA) is 24.4 Å². The van der Waals surface area contributed by atoms with Gasteiger partial charge < -0.3 is 5.32 Å². The van der Waals surface area contributed by atoms with Gasteiger partial charge in [0.25, 0.3) is 0 Å². The summed E-state index contributed by atoms with van der Waals surface area (Å²) in [5.74, 6) is 0. The summed E-state index contributed by atoms with van der Waals surface area (Å²) in [7, 11) is 3.74. The number of hydrogen-bond acceptors (Lipinski definition) is 2. The van der Waals surface area contributed by atoms with Crippen molar-refractivity contribution in [2.24, 2.45) is 4.99 Å². The molecule has 0 heterocycles. The Morgan fingerprint density at radius 1 is 1.62 bits per heavy atom. The van der Waals surface area contributed by atoms with Crippen LogP contribution in [0.2, 0.25) is 0 Å². The van der Waals surface area contributed by atoms with Gasteiger partial charge in [0.15, 0.2) is 0 Å². The normalized spacial score (nSPS) is 16.2.